The molecule has 0 spiro atoms. The molecular formula is C15H18F3N3. The fourth-order valence-corrected chi connectivity index (χ4v) is 2.19. The molecule has 0 saturated heterocycles. The summed E-state index contributed by atoms with van der Waals surface area (Å²) in [5.74, 6) is 0. The number of rotatable bonds is 4. The summed E-state index contributed by atoms with van der Waals surface area (Å²) in [6, 6.07) is 5.66. The Kier molecular flexibility index (Phi) is 4.25. The van der Waals surface area contributed by atoms with E-state index in [0.717, 1.165) is 35.6 Å². The Morgan fingerprint density at radius 1 is 1.19 bits per heavy atom. The average molecular weight is 297 g/mol. The summed E-state index contributed by atoms with van der Waals surface area (Å²) >= 11 is 0. The molecule has 2 rings (SSSR count). The first kappa shape index (κ1) is 15.4. The molecule has 0 atom stereocenters. The molecule has 6 heteroatoms. The van der Waals surface area contributed by atoms with Gasteiger partial charge in [0.2, 0.25) is 0 Å². The number of aromatic nitrogens is 2. The summed E-state index contributed by atoms with van der Waals surface area (Å²) in [4.78, 5) is 0. The number of nitrogens with one attached hydrogen (secondary N) is 1. The van der Waals surface area contributed by atoms with Crippen LogP contribution in [0.1, 0.15) is 29.4 Å². The second-order valence-corrected chi connectivity index (χ2v) is 4.97. The first-order valence-electron chi connectivity index (χ1n) is 6.76. The fourth-order valence-electron chi connectivity index (χ4n) is 2.19. The first-order chi connectivity index (χ1) is 9.81. The maximum atomic E-state index is 12.7. The highest BCUT2D eigenvalue weighted by atomic mass is 19.4. The minimum atomic E-state index is -4.33. The highest BCUT2D eigenvalue weighted by Gasteiger charge is 2.30. The molecule has 0 saturated carbocycles. The molecule has 3 nitrogen and oxygen atoms in total. The van der Waals surface area contributed by atoms with E-state index in [2.05, 4.69) is 10.4 Å². The number of aryl methyl sites for hydroxylation is 3. The van der Waals surface area contributed by atoms with Gasteiger partial charge < -0.3 is 5.32 Å². The van der Waals surface area contributed by atoms with Crippen molar-refractivity contribution < 1.29 is 13.2 Å². The molecule has 0 fully saturated rings. The van der Waals surface area contributed by atoms with E-state index < -0.39 is 11.7 Å². The van der Waals surface area contributed by atoms with E-state index in [4.69, 9.17) is 0 Å². The quantitative estimate of drug-likeness (QED) is 0.918. The molecule has 0 radical (unpaired) electrons. The van der Waals surface area contributed by atoms with Gasteiger partial charge in [-0.15, -0.1) is 0 Å². The van der Waals surface area contributed by atoms with E-state index in [1.54, 1.807) is 6.92 Å². The number of anilines is 1. The molecular weight excluding hydrogens is 279 g/mol. The Morgan fingerprint density at radius 3 is 2.52 bits per heavy atom. The van der Waals surface area contributed by atoms with E-state index in [-0.39, 0.29) is 0 Å². The summed E-state index contributed by atoms with van der Waals surface area (Å²) < 4.78 is 40.1. The summed E-state index contributed by atoms with van der Waals surface area (Å²) in [5.41, 5.74) is 2.48. The SMILES string of the molecule is CCn1nc(C)cc1CNc1cc(C(F)(F)F)ccc1C. The van der Waals surface area contributed by atoms with Crippen LogP contribution in [0.3, 0.4) is 0 Å². The number of hydrogen-bond acceptors (Lipinski definition) is 2. The van der Waals surface area contributed by atoms with Crippen LogP contribution in [-0.4, -0.2) is 9.78 Å². The minimum Gasteiger partial charge on any atom is -0.379 e. The van der Waals surface area contributed by atoms with Crippen molar-refractivity contribution >= 4 is 5.69 Å². The zero-order valence-corrected chi connectivity index (χ0v) is 12.3. The highest BCUT2D eigenvalue weighted by molar-refractivity contribution is 5.53. The van der Waals surface area contributed by atoms with Crippen molar-refractivity contribution in [3.63, 3.8) is 0 Å². The predicted octanol–water partition coefficient (Wildman–Crippen LogP) is 4.15. The average Bonchev–Trinajstić information content (AvgIpc) is 2.76. The van der Waals surface area contributed by atoms with Gasteiger partial charge in [-0.25, -0.2) is 0 Å². The lowest BCUT2D eigenvalue weighted by atomic mass is 10.1. The second-order valence-electron chi connectivity index (χ2n) is 4.97. The van der Waals surface area contributed by atoms with Crippen LogP contribution in [-0.2, 0) is 19.3 Å². The molecule has 1 N–H and O–H groups in total. The van der Waals surface area contributed by atoms with E-state index in [9.17, 15) is 13.2 Å². The highest BCUT2D eigenvalue weighted by Crippen LogP contribution is 2.32. The molecule has 1 heterocycles. The number of nitrogens with zero attached hydrogens (tertiary/aromatic N) is 2. The molecule has 0 aliphatic carbocycles. The van der Waals surface area contributed by atoms with Crippen molar-refractivity contribution in [2.24, 2.45) is 0 Å². The van der Waals surface area contributed by atoms with Crippen LogP contribution in [0.2, 0.25) is 0 Å². The van der Waals surface area contributed by atoms with Gasteiger partial charge in [0.25, 0.3) is 0 Å². The van der Waals surface area contributed by atoms with E-state index in [0.29, 0.717) is 12.2 Å². The van der Waals surface area contributed by atoms with Crippen molar-refractivity contribution in [1.82, 2.24) is 9.78 Å². The molecule has 2 aromatic rings. The van der Waals surface area contributed by atoms with Crippen LogP contribution in [0, 0.1) is 13.8 Å². The van der Waals surface area contributed by atoms with Gasteiger partial charge in [0, 0.05) is 12.2 Å². The Hall–Kier alpha value is -1.98. The predicted molar refractivity (Wildman–Crippen MR) is 76.1 cm³/mol. The van der Waals surface area contributed by atoms with Crippen LogP contribution in [0.5, 0.6) is 0 Å². The largest absolute Gasteiger partial charge is 0.416 e. The zero-order chi connectivity index (χ0) is 15.6. The summed E-state index contributed by atoms with van der Waals surface area (Å²) in [6.07, 6.45) is -4.33. The topological polar surface area (TPSA) is 29.9 Å². The van der Waals surface area contributed by atoms with Gasteiger partial charge in [0.1, 0.15) is 0 Å². The number of benzene rings is 1. The van der Waals surface area contributed by atoms with E-state index >= 15 is 0 Å². The maximum Gasteiger partial charge on any atom is 0.416 e. The maximum absolute atomic E-state index is 12.7. The van der Waals surface area contributed by atoms with E-state index in [1.165, 1.54) is 6.07 Å². The van der Waals surface area contributed by atoms with Crippen molar-refractivity contribution in [3.8, 4) is 0 Å². The van der Waals surface area contributed by atoms with Crippen LogP contribution >= 0.6 is 0 Å². The van der Waals surface area contributed by atoms with Gasteiger partial charge in [-0.2, -0.15) is 18.3 Å². The molecule has 0 amide bonds. The van der Waals surface area contributed by atoms with Crippen molar-refractivity contribution in [1.29, 1.82) is 0 Å². The Morgan fingerprint density at radius 2 is 1.90 bits per heavy atom. The van der Waals surface area contributed by atoms with Gasteiger partial charge in [-0.05, 0) is 44.5 Å². The molecule has 0 aliphatic heterocycles. The molecule has 1 aromatic carbocycles. The van der Waals surface area contributed by atoms with Crippen molar-refractivity contribution in [3.05, 3.63) is 46.8 Å². The van der Waals surface area contributed by atoms with E-state index in [1.807, 2.05) is 24.6 Å². The van der Waals surface area contributed by atoms with Gasteiger partial charge in [0.15, 0.2) is 0 Å². The monoisotopic (exact) mass is 297 g/mol. The zero-order valence-electron chi connectivity index (χ0n) is 12.3. The Bertz CT molecular complexity index is 630. The van der Waals surface area contributed by atoms with Crippen LogP contribution < -0.4 is 5.32 Å². The lowest BCUT2D eigenvalue weighted by molar-refractivity contribution is -0.137. The van der Waals surface area contributed by atoms with Crippen LogP contribution in [0.15, 0.2) is 24.3 Å². The molecule has 114 valence electrons. The Labute approximate surface area is 121 Å². The smallest absolute Gasteiger partial charge is 0.379 e. The molecule has 21 heavy (non-hydrogen) atoms. The standard InChI is InChI=1S/C15H18F3N3/c1-4-21-13(7-11(3)20-21)9-19-14-8-12(15(16,17)18)6-5-10(14)2/h5-8,19H,4,9H2,1-3H3. The third-order valence-corrected chi connectivity index (χ3v) is 3.31. The number of hydrogen-bond donors (Lipinski definition) is 1. The second kappa shape index (κ2) is 5.79. The third kappa shape index (κ3) is 3.56. The molecule has 0 bridgehead atoms. The number of halogens is 3. The van der Waals surface area contributed by atoms with Crippen LogP contribution in [0.25, 0.3) is 0 Å². The van der Waals surface area contributed by atoms with Gasteiger partial charge in [-0.3, -0.25) is 4.68 Å². The summed E-state index contributed by atoms with van der Waals surface area (Å²) in [6.45, 7) is 6.82. The fraction of sp³-hybridized carbons (Fsp3) is 0.400. The molecule has 0 aliphatic rings. The summed E-state index contributed by atoms with van der Waals surface area (Å²) in [5, 5.41) is 7.39. The summed E-state index contributed by atoms with van der Waals surface area (Å²) in [7, 11) is 0. The van der Waals surface area contributed by atoms with Crippen molar-refractivity contribution in [2.45, 2.75) is 40.0 Å². The normalized spacial score (nSPS) is 11.7. The first-order valence-corrected chi connectivity index (χ1v) is 6.76. The molecule has 1 aromatic heterocycles. The minimum absolute atomic E-state index is 0.441. The third-order valence-electron chi connectivity index (χ3n) is 3.31. The van der Waals surface area contributed by atoms with Gasteiger partial charge in [-0.1, -0.05) is 6.07 Å². The Balaban J connectivity index is 2.19. The number of alkyl halides is 3. The lowest BCUT2D eigenvalue weighted by Gasteiger charge is -2.13. The lowest BCUT2D eigenvalue weighted by Crippen LogP contribution is -2.10. The van der Waals surface area contributed by atoms with Crippen molar-refractivity contribution in [2.75, 3.05) is 5.32 Å². The molecule has 0 unspecified atom stereocenters. The van der Waals surface area contributed by atoms with Crippen LogP contribution in [0.4, 0.5) is 18.9 Å². The van der Waals surface area contributed by atoms with Gasteiger partial charge >= 0.3 is 6.18 Å². The van der Waals surface area contributed by atoms with Gasteiger partial charge in [0.05, 0.1) is 23.5 Å².